The number of likely N-dealkylation sites (N-methyl/N-ethyl adjacent to an activating group) is 2. The molecule has 1 aliphatic rings. The van der Waals surface area contributed by atoms with Crippen molar-refractivity contribution in [3.05, 3.63) is 23.9 Å². The summed E-state index contributed by atoms with van der Waals surface area (Å²) in [5, 5.41) is 8.95. The third-order valence-electron chi connectivity index (χ3n) is 3.60. The first kappa shape index (κ1) is 14.7. The predicted molar refractivity (Wildman–Crippen MR) is 78.0 cm³/mol. The van der Waals surface area contributed by atoms with Gasteiger partial charge in [0.25, 0.3) is 5.91 Å². The van der Waals surface area contributed by atoms with Crippen LogP contribution >= 0.6 is 0 Å². The van der Waals surface area contributed by atoms with E-state index < -0.39 is 0 Å². The van der Waals surface area contributed by atoms with Crippen LogP contribution in [0.4, 0.5) is 5.82 Å². The number of piperazine rings is 1. The Balaban J connectivity index is 2.19. The van der Waals surface area contributed by atoms with Crippen LogP contribution in [0, 0.1) is 0 Å². The Labute approximate surface area is 119 Å². The summed E-state index contributed by atoms with van der Waals surface area (Å²) in [6, 6.07) is 3.58. The molecule has 110 valence electrons. The summed E-state index contributed by atoms with van der Waals surface area (Å²) >= 11 is 0. The Morgan fingerprint density at radius 2 is 2.10 bits per heavy atom. The number of carbonyl (C=O) groups is 1. The number of anilines is 1. The van der Waals surface area contributed by atoms with Gasteiger partial charge in [0.1, 0.15) is 5.82 Å². The van der Waals surface area contributed by atoms with Crippen LogP contribution in [0.25, 0.3) is 0 Å². The first-order valence-electron chi connectivity index (χ1n) is 6.88. The van der Waals surface area contributed by atoms with Crippen LogP contribution in [0.3, 0.4) is 0 Å². The van der Waals surface area contributed by atoms with Gasteiger partial charge in [0, 0.05) is 46.0 Å². The zero-order chi connectivity index (χ0) is 14.5. The SMILES string of the molecule is CN1CCN(c2ncccc2C(=O)N(C)CCO)CC1. The van der Waals surface area contributed by atoms with Gasteiger partial charge in [-0.05, 0) is 19.2 Å². The van der Waals surface area contributed by atoms with Crippen LogP contribution in [-0.4, -0.2) is 79.2 Å². The summed E-state index contributed by atoms with van der Waals surface area (Å²) in [5.41, 5.74) is 0.605. The summed E-state index contributed by atoms with van der Waals surface area (Å²) in [6.07, 6.45) is 1.72. The Morgan fingerprint density at radius 3 is 2.75 bits per heavy atom. The molecule has 20 heavy (non-hydrogen) atoms. The van der Waals surface area contributed by atoms with Gasteiger partial charge >= 0.3 is 0 Å². The van der Waals surface area contributed by atoms with Gasteiger partial charge in [-0.15, -0.1) is 0 Å². The number of nitrogens with zero attached hydrogens (tertiary/aromatic N) is 4. The minimum atomic E-state index is -0.0962. The van der Waals surface area contributed by atoms with Gasteiger partial charge in [-0.3, -0.25) is 4.79 Å². The molecule has 1 saturated heterocycles. The van der Waals surface area contributed by atoms with E-state index in [2.05, 4.69) is 21.8 Å². The van der Waals surface area contributed by atoms with E-state index in [0.29, 0.717) is 12.1 Å². The van der Waals surface area contributed by atoms with E-state index in [1.807, 2.05) is 0 Å². The molecule has 0 radical (unpaired) electrons. The molecule has 1 fully saturated rings. The lowest BCUT2D eigenvalue weighted by molar-refractivity contribution is 0.0767. The average Bonchev–Trinajstić information content (AvgIpc) is 2.47. The average molecular weight is 278 g/mol. The molecule has 0 aliphatic carbocycles. The number of rotatable bonds is 4. The summed E-state index contributed by atoms with van der Waals surface area (Å²) in [6.45, 7) is 3.98. The number of aromatic nitrogens is 1. The van der Waals surface area contributed by atoms with E-state index in [1.54, 1.807) is 25.4 Å². The molecule has 2 rings (SSSR count). The third kappa shape index (κ3) is 3.26. The fraction of sp³-hybridized carbons (Fsp3) is 0.571. The van der Waals surface area contributed by atoms with Crippen molar-refractivity contribution in [3.63, 3.8) is 0 Å². The van der Waals surface area contributed by atoms with Crippen LogP contribution in [0.15, 0.2) is 18.3 Å². The van der Waals surface area contributed by atoms with Crippen LogP contribution in [0.2, 0.25) is 0 Å². The van der Waals surface area contributed by atoms with Crippen LogP contribution < -0.4 is 4.90 Å². The number of aliphatic hydroxyl groups is 1. The maximum absolute atomic E-state index is 12.4. The summed E-state index contributed by atoms with van der Waals surface area (Å²) in [7, 11) is 3.79. The maximum atomic E-state index is 12.4. The smallest absolute Gasteiger partial charge is 0.257 e. The van der Waals surface area contributed by atoms with Crippen molar-refractivity contribution in [2.45, 2.75) is 0 Å². The molecule has 6 heteroatoms. The number of aliphatic hydroxyl groups excluding tert-OH is 1. The highest BCUT2D eigenvalue weighted by atomic mass is 16.3. The Morgan fingerprint density at radius 1 is 1.40 bits per heavy atom. The van der Waals surface area contributed by atoms with E-state index in [0.717, 1.165) is 32.0 Å². The highest BCUT2D eigenvalue weighted by Crippen LogP contribution is 2.20. The number of hydrogen-bond acceptors (Lipinski definition) is 5. The molecule has 0 saturated carbocycles. The molecule has 1 aromatic heterocycles. The van der Waals surface area contributed by atoms with Gasteiger partial charge in [-0.2, -0.15) is 0 Å². The fourth-order valence-electron chi connectivity index (χ4n) is 2.29. The number of hydrogen-bond donors (Lipinski definition) is 1. The van der Waals surface area contributed by atoms with Gasteiger partial charge in [0.2, 0.25) is 0 Å². The highest BCUT2D eigenvalue weighted by molar-refractivity contribution is 5.98. The monoisotopic (exact) mass is 278 g/mol. The van der Waals surface area contributed by atoms with Crippen molar-refractivity contribution >= 4 is 11.7 Å². The zero-order valence-corrected chi connectivity index (χ0v) is 12.1. The molecule has 0 atom stereocenters. The maximum Gasteiger partial charge on any atom is 0.257 e. The molecule has 1 aliphatic heterocycles. The third-order valence-corrected chi connectivity index (χ3v) is 3.60. The number of pyridine rings is 1. The zero-order valence-electron chi connectivity index (χ0n) is 12.1. The van der Waals surface area contributed by atoms with Crippen LogP contribution in [0.1, 0.15) is 10.4 Å². The molecule has 0 unspecified atom stereocenters. The highest BCUT2D eigenvalue weighted by Gasteiger charge is 2.22. The second-order valence-corrected chi connectivity index (χ2v) is 5.12. The van der Waals surface area contributed by atoms with Crippen molar-refractivity contribution in [1.29, 1.82) is 0 Å². The normalized spacial score (nSPS) is 16.2. The number of amides is 1. The molecule has 1 aromatic rings. The lowest BCUT2D eigenvalue weighted by Gasteiger charge is -2.34. The molecule has 6 nitrogen and oxygen atoms in total. The minimum Gasteiger partial charge on any atom is -0.395 e. The molecule has 1 amide bonds. The molecule has 1 N–H and O–H groups in total. The lowest BCUT2D eigenvalue weighted by Crippen LogP contribution is -2.45. The van der Waals surface area contributed by atoms with Gasteiger partial charge in [-0.25, -0.2) is 4.98 Å². The number of carbonyl (C=O) groups excluding carboxylic acids is 1. The van der Waals surface area contributed by atoms with Crippen molar-refractivity contribution < 1.29 is 9.90 Å². The van der Waals surface area contributed by atoms with Crippen LogP contribution in [-0.2, 0) is 0 Å². The van der Waals surface area contributed by atoms with E-state index in [9.17, 15) is 4.79 Å². The summed E-state index contributed by atoms with van der Waals surface area (Å²) < 4.78 is 0. The van der Waals surface area contributed by atoms with Gasteiger partial charge in [0.15, 0.2) is 0 Å². The second kappa shape index (κ2) is 6.67. The van der Waals surface area contributed by atoms with Gasteiger partial charge < -0.3 is 19.8 Å². The molecule has 0 bridgehead atoms. The first-order chi connectivity index (χ1) is 9.63. The second-order valence-electron chi connectivity index (χ2n) is 5.12. The van der Waals surface area contributed by atoms with Crippen LogP contribution in [0.5, 0.6) is 0 Å². The largest absolute Gasteiger partial charge is 0.395 e. The van der Waals surface area contributed by atoms with E-state index in [1.165, 1.54) is 4.90 Å². The summed E-state index contributed by atoms with van der Waals surface area (Å²) in [5.74, 6) is 0.650. The van der Waals surface area contributed by atoms with Crippen molar-refractivity contribution in [1.82, 2.24) is 14.8 Å². The topological polar surface area (TPSA) is 59.9 Å². The van der Waals surface area contributed by atoms with E-state index >= 15 is 0 Å². The molecular formula is C14H22N4O2. The Hall–Kier alpha value is -1.66. The van der Waals surface area contributed by atoms with E-state index in [-0.39, 0.29) is 12.5 Å². The summed E-state index contributed by atoms with van der Waals surface area (Å²) in [4.78, 5) is 22.7. The molecule has 0 aromatic carbocycles. The van der Waals surface area contributed by atoms with E-state index in [4.69, 9.17) is 5.11 Å². The molecule has 2 heterocycles. The fourth-order valence-corrected chi connectivity index (χ4v) is 2.29. The molecule has 0 spiro atoms. The lowest BCUT2D eigenvalue weighted by atomic mass is 10.2. The van der Waals surface area contributed by atoms with Gasteiger partial charge in [-0.1, -0.05) is 0 Å². The van der Waals surface area contributed by atoms with Gasteiger partial charge in [0.05, 0.1) is 12.2 Å². The van der Waals surface area contributed by atoms with Crippen molar-refractivity contribution in [2.24, 2.45) is 0 Å². The quantitative estimate of drug-likeness (QED) is 0.833. The Bertz CT molecular complexity index is 458. The van der Waals surface area contributed by atoms with Crippen molar-refractivity contribution in [2.75, 3.05) is 58.3 Å². The van der Waals surface area contributed by atoms with Crippen molar-refractivity contribution in [3.8, 4) is 0 Å². The predicted octanol–water partition coefficient (Wildman–Crippen LogP) is -0.102. The standard InChI is InChI=1S/C14H22N4O2/c1-16-6-8-18(9-7-16)13-12(4-3-5-15-13)14(20)17(2)10-11-19/h3-5,19H,6-11H2,1-2H3. The first-order valence-corrected chi connectivity index (χ1v) is 6.88. The molecular weight excluding hydrogens is 256 g/mol. The minimum absolute atomic E-state index is 0.0354. The Kier molecular flexibility index (Phi) is 4.92.